The van der Waals surface area contributed by atoms with Gasteiger partial charge in [0.2, 0.25) is 6.41 Å². The Labute approximate surface area is 202 Å². The van der Waals surface area contributed by atoms with E-state index in [1.54, 1.807) is 23.3 Å². The number of ether oxygens (including phenoxy) is 2. The van der Waals surface area contributed by atoms with E-state index < -0.39 is 0 Å². The van der Waals surface area contributed by atoms with E-state index in [1.165, 1.54) is 0 Å². The number of carbonyl (C=O) groups excluding carboxylic acids is 1. The van der Waals surface area contributed by atoms with Crippen molar-refractivity contribution >= 4 is 39.2 Å². The predicted molar refractivity (Wildman–Crippen MR) is 139 cm³/mol. The molecule has 168 valence electrons. The van der Waals surface area contributed by atoms with Gasteiger partial charge in [-0.15, -0.1) is 11.3 Å². The highest BCUT2D eigenvalue weighted by Gasteiger charge is 2.21. The van der Waals surface area contributed by atoms with Gasteiger partial charge in [0.05, 0.1) is 17.7 Å². The second kappa shape index (κ2) is 9.81. The van der Waals surface area contributed by atoms with E-state index in [-0.39, 0.29) is 0 Å². The Hall–Kier alpha value is -4.09. The fraction of sp³-hybridized carbons (Fsp3) is 0.0690. The first-order valence-corrected chi connectivity index (χ1v) is 11.8. The number of nitrogens with zero attached hydrogens (tertiary/aromatic N) is 1. The van der Waals surface area contributed by atoms with Gasteiger partial charge in [0.25, 0.3) is 0 Å². The van der Waals surface area contributed by atoms with Crippen LogP contribution >= 0.6 is 11.3 Å². The average molecular weight is 466 g/mol. The molecule has 1 amide bonds. The van der Waals surface area contributed by atoms with Gasteiger partial charge in [0, 0.05) is 15.8 Å². The summed E-state index contributed by atoms with van der Waals surface area (Å²) in [5.74, 6) is 1.55. The van der Waals surface area contributed by atoms with Crippen LogP contribution in [0.1, 0.15) is 5.56 Å². The number of hydrogen-bond acceptors (Lipinski definition) is 4. The molecule has 0 spiro atoms. The van der Waals surface area contributed by atoms with Crippen LogP contribution in [0.4, 0.5) is 11.4 Å². The van der Waals surface area contributed by atoms with E-state index in [0.29, 0.717) is 6.61 Å². The fourth-order valence-corrected chi connectivity index (χ4v) is 5.10. The van der Waals surface area contributed by atoms with E-state index in [1.807, 2.05) is 91.0 Å². The second-order valence-corrected chi connectivity index (χ2v) is 8.80. The standard InChI is InChI=1S/C29H23NO3S/c1-32-24-15-11-22(12-16-24)29-28(26-9-5-6-10-27(26)34-29)30(20-31)23-13-17-25(18-14-23)33-19-21-7-3-2-4-8-21/h2-18,20H,19H2,1H3. The highest BCUT2D eigenvalue weighted by Crippen LogP contribution is 2.46. The van der Waals surface area contributed by atoms with Crippen LogP contribution in [0.2, 0.25) is 0 Å². The number of fused-ring (bicyclic) bond motifs is 1. The number of benzene rings is 4. The average Bonchev–Trinajstić information content (AvgIpc) is 3.29. The SMILES string of the molecule is COc1ccc(-c2sc3ccccc3c2N(C=O)c2ccc(OCc3ccccc3)cc2)cc1. The summed E-state index contributed by atoms with van der Waals surface area (Å²) in [5, 5.41) is 1.04. The molecule has 34 heavy (non-hydrogen) atoms. The minimum Gasteiger partial charge on any atom is -0.497 e. The Morgan fingerprint density at radius 3 is 2.18 bits per heavy atom. The first kappa shape index (κ1) is 21.7. The molecule has 5 heteroatoms. The summed E-state index contributed by atoms with van der Waals surface area (Å²) in [5.41, 5.74) is 3.79. The summed E-state index contributed by atoms with van der Waals surface area (Å²) in [6.07, 6.45) is 0.876. The highest BCUT2D eigenvalue weighted by atomic mass is 32.1. The molecule has 0 atom stereocenters. The van der Waals surface area contributed by atoms with E-state index in [4.69, 9.17) is 9.47 Å². The fourth-order valence-electron chi connectivity index (χ4n) is 3.90. The minimum absolute atomic E-state index is 0.494. The zero-order chi connectivity index (χ0) is 23.3. The smallest absolute Gasteiger partial charge is 0.218 e. The quantitative estimate of drug-likeness (QED) is 0.223. The van der Waals surface area contributed by atoms with Crippen molar-refractivity contribution in [3.63, 3.8) is 0 Å². The lowest BCUT2D eigenvalue weighted by Gasteiger charge is -2.20. The second-order valence-electron chi connectivity index (χ2n) is 7.75. The molecule has 0 unspecified atom stereocenters. The van der Waals surface area contributed by atoms with Crippen molar-refractivity contribution in [2.24, 2.45) is 0 Å². The number of amides is 1. The Morgan fingerprint density at radius 1 is 0.794 bits per heavy atom. The molecule has 0 radical (unpaired) electrons. The van der Waals surface area contributed by atoms with Crippen LogP contribution in [0, 0.1) is 0 Å². The highest BCUT2D eigenvalue weighted by molar-refractivity contribution is 7.23. The number of thiophene rings is 1. The van der Waals surface area contributed by atoms with Gasteiger partial charge in [-0.1, -0.05) is 48.5 Å². The number of hydrogen-bond donors (Lipinski definition) is 0. The molecule has 0 fully saturated rings. The van der Waals surface area contributed by atoms with Crippen molar-refractivity contribution in [2.45, 2.75) is 6.61 Å². The van der Waals surface area contributed by atoms with Gasteiger partial charge >= 0.3 is 0 Å². The topological polar surface area (TPSA) is 38.8 Å². The number of methoxy groups -OCH3 is 1. The summed E-state index contributed by atoms with van der Waals surface area (Å²) < 4.78 is 12.4. The van der Waals surface area contributed by atoms with Crippen molar-refractivity contribution in [2.75, 3.05) is 12.0 Å². The minimum atomic E-state index is 0.494. The van der Waals surface area contributed by atoms with Crippen LogP contribution in [0.5, 0.6) is 11.5 Å². The lowest BCUT2D eigenvalue weighted by molar-refractivity contribution is -0.106. The maximum atomic E-state index is 12.4. The van der Waals surface area contributed by atoms with Crippen LogP contribution in [0.25, 0.3) is 20.5 Å². The molecule has 0 bridgehead atoms. The zero-order valence-electron chi connectivity index (χ0n) is 18.7. The first-order valence-electron chi connectivity index (χ1n) is 10.9. The number of anilines is 2. The number of carbonyl (C=O) groups is 1. The molecule has 0 saturated heterocycles. The Bertz CT molecular complexity index is 1390. The van der Waals surface area contributed by atoms with Crippen LogP contribution in [0.3, 0.4) is 0 Å². The van der Waals surface area contributed by atoms with Crippen LogP contribution in [0.15, 0.2) is 103 Å². The molecule has 4 nitrogen and oxygen atoms in total. The lowest BCUT2D eigenvalue weighted by Crippen LogP contribution is -2.14. The van der Waals surface area contributed by atoms with Gasteiger partial charge in [-0.3, -0.25) is 9.69 Å². The summed E-state index contributed by atoms with van der Waals surface area (Å²) in [4.78, 5) is 15.1. The molecular formula is C29H23NO3S. The van der Waals surface area contributed by atoms with Gasteiger partial charge in [0.15, 0.2) is 0 Å². The van der Waals surface area contributed by atoms with Crippen molar-refractivity contribution in [1.82, 2.24) is 0 Å². The van der Waals surface area contributed by atoms with Gasteiger partial charge in [-0.2, -0.15) is 0 Å². The maximum Gasteiger partial charge on any atom is 0.218 e. The molecule has 0 aliphatic rings. The summed E-state index contributed by atoms with van der Waals surface area (Å²) >= 11 is 1.67. The summed E-state index contributed by atoms with van der Waals surface area (Å²) in [6, 6.07) is 33.8. The Balaban J connectivity index is 1.49. The predicted octanol–water partition coefficient (Wildman–Crippen LogP) is 7.45. The molecule has 1 heterocycles. The van der Waals surface area contributed by atoms with Crippen molar-refractivity contribution in [1.29, 1.82) is 0 Å². The first-order chi connectivity index (χ1) is 16.8. The normalized spacial score (nSPS) is 10.7. The van der Waals surface area contributed by atoms with Crippen molar-refractivity contribution < 1.29 is 14.3 Å². The van der Waals surface area contributed by atoms with Crippen LogP contribution in [-0.4, -0.2) is 13.5 Å². The van der Waals surface area contributed by atoms with E-state index in [2.05, 4.69) is 12.1 Å². The summed E-state index contributed by atoms with van der Waals surface area (Å²) in [7, 11) is 1.65. The molecule has 0 aliphatic carbocycles. The van der Waals surface area contributed by atoms with E-state index in [9.17, 15) is 4.79 Å². The molecule has 5 aromatic rings. The molecular weight excluding hydrogens is 442 g/mol. The largest absolute Gasteiger partial charge is 0.497 e. The monoisotopic (exact) mass is 465 g/mol. The summed E-state index contributed by atoms with van der Waals surface area (Å²) in [6.45, 7) is 0.494. The third-order valence-electron chi connectivity index (χ3n) is 5.63. The molecule has 1 aromatic heterocycles. The molecule has 0 aliphatic heterocycles. The van der Waals surface area contributed by atoms with Gasteiger partial charge in [0.1, 0.15) is 18.1 Å². The molecule has 5 rings (SSSR count). The van der Waals surface area contributed by atoms with E-state index in [0.717, 1.165) is 55.4 Å². The van der Waals surface area contributed by atoms with Gasteiger partial charge in [-0.25, -0.2) is 0 Å². The van der Waals surface area contributed by atoms with Crippen LogP contribution < -0.4 is 14.4 Å². The molecule has 4 aromatic carbocycles. The van der Waals surface area contributed by atoms with Crippen LogP contribution in [-0.2, 0) is 11.4 Å². The number of rotatable bonds is 8. The molecule has 0 saturated carbocycles. The molecule has 0 N–H and O–H groups in total. The Kier molecular flexibility index (Phi) is 6.27. The third-order valence-corrected chi connectivity index (χ3v) is 6.84. The van der Waals surface area contributed by atoms with Crippen molar-refractivity contribution in [3.8, 4) is 21.9 Å². The zero-order valence-corrected chi connectivity index (χ0v) is 19.5. The van der Waals surface area contributed by atoms with Gasteiger partial charge in [-0.05, 0) is 65.7 Å². The third kappa shape index (κ3) is 4.38. The maximum absolute atomic E-state index is 12.4. The lowest BCUT2D eigenvalue weighted by atomic mass is 10.1. The Morgan fingerprint density at radius 2 is 1.47 bits per heavy atom. The van der Waals surface area contributed by atoms with Gasteiger partial charge < -0.3 is 9.47 Å². The van der Waals surface area contributed by atoms with E-state index >= 15 is 0 Å². The van der Waals surface area contributed by atoms with Crippen molar-refractivity contribution in [3.05, 3.63) is 109 Å².